The molecule has 180 valence electrons. The number of aliphatic hydroxyl groups excluding tert-OH is 1. The number of aliphatic hydroxyl groups is 1. The zero-order valence-corrected chi connectivity index (χ0v) is 19.2. The van der Waals surface area contributed by atoms with Crippen molar-refractivity contribution in [1.82, 2.24) is 14.7 Å². The predicted molar refractivity (Wildman–Crippen MR) is 125 cm³/mol. The van der Waals surface area contributed by atoms with E-state index in [0.717, 1.165) is 24.1 Å². The number of aryl methyl sites for hydroxylation is 1. The van der Waals surface area contributed by atoms with Gasteiger partial charge in [0.25, 0.3) is 0 Å². The number of ether oxygens (including phenoxy) is 2. The summed E-state index contributed by atoms with van der Waals surface area (Å²) in [5.41, 5.74) is 2.24. The Morgan fingerprint density at radius 1 is 1.15 bits per heavy atom. The minimum Gasteiger partial charge on any atom is -0.439 e. The van der Waals surface area contributed by atoms with Crippen LogP contribution in [-0.4, -0.2) is 51.7 Å². The molecule has 1 aliphatic rings. The molecule has 1 aromatic heterocycles. The van der Waals surface area contributed by atoms with Crippen LogP contribution in [0.15, 0.2) is 61.2 Å². The van der Waals surface area contributed by atoms with Gasteiger partial charge in [-0.15, -0.1) is 6.58 Å². The normalized spacial score (nSPS) is 14.4. The monoisotopic (exact) mass is 469 g/mol. The molecule has 1 aliphatic carbocycles. The molecular weight excluding hydrogens is 440 g/mol. The lowest BCUT2D eigenvalue weighted by atomic mass is 10.2. The molecule has 0 aliphatic heterocycles. The molecule has 34 heavy (non-hydrogen) atoms. The number of nitrogens with zero attached hydrogens (tertiary/aromatic N) is 3. The number of hydrogen-bond donors (Lipinski definition) is 1. The summed E-state index contributed by atoms with van der Waals surface area (Å²) in [6, 6.07) is 12.1. The third-order valence-electron chi connectivity index (χ3n) is 5.65. The number of hydrogen-bond acceptors (Lipinski definition) is 5. The Balaban J connectivity index is 1.64. The molecule has 6 nitrogen and oxygen atoms in total. The molecule has 1 heterocycles. The second-order valence-corrected chi connectivity index (χ2v) is 8.45. The molecule has 3 aromatic rings. The molecular formula is C26H29F2N3O3. The van der Waals surface area contributed by atoms with Crippen LogP contribution in [0.5, 0.6) is 11.6 Å². The molecule has 1 fully saturated rings. The van der Waals surface area contributed by atoms with Gasteiger partial charge in [-0.05, 0) is 68.3 Å². The quantitative estimate of drug-likeness (QED) is 0.306. The molecule has 1 saturated carbocycles. The van der Waals surface area contributed by atoms with Crippen LogP contribution in [0.1, 0.15) is 24.1 Å². The van der Waals surface area contributed by atoms with Crippen LogP contribution < -0.4 is 4.74 Å². The molecule has 4 rings (SSSR count). The summed E-state index contributed by atoms with van der Waals surface area (Å²) in [6.45, 7) is 7.07. The van der Waals surface area contributed by atoms with Crippen LogP contribution in [-0.2, 0) is 11.3 Å². The van der Waals surface area contributed by atoms with Gasteiger partial charge in [-0.25, -0.2) is 13.5 Å². The van der Waals surface area contributed by atoms with Gasteiger partial charge < -0.3 is 14.6 Å². The van der Waals surface area contributed by atoms with Crippen LogP contribution in [0.2, 0.25) is 0 Å². The average Bonchev–Trinajstić information content (AvgIpc) is 3.62. The van der Waals surface area contributed by atoms with E-state index in [0.29, 0.717) is 43.1 Å². The molecule has 1 atom stereocenters. The van der Waals surface area contributed by atoms with Gasteiger partial charge in [-0.2, -0.15) is 5.10 Å². The summed E-state index contributed by atoms with van der Waals surface area (Å²) < 4.78 is 40.2. The fourth-order valence-electron chi connectivity index (χ4n) is 3.79. The first-order chi connectivity index (χ1) is 16.4. The second kappa shape index (κ2) is 10.9. The molecule has 0 saturated heterocycles. The predicted octanol–water partition coefficient (Wildman–Crippen LogP) is 4.78. The van der Waals surface area contributed by atoms with E-state index in [1.165, 1.54) is 24.3 Å². The Kier molecular flexibility index (Phi) is 7.72. The average molecular weight is 470 g/mol. The van der Waals surface area contributed by atoms with Crippen molar-refractivity contribution in [2.24, 2.45) is 0 Å². The highest BCUT2D eigenvalue weighted by molar-refractivity contribution is 5.43. The van der Waals surface area contributed by atoms with E-state index in [1.807, 2.05) is 6.92 Å². The standard InChI is InChI=1S/C26H29F2N3O3/c1-3-14-33-17-23(32)15-30(21-10-11-21)16-25-18(2)29-31(22-8-4-19(27)5-9-22)26(25)34-24-12-6-20(28)7-13-24/h3-9,12-13,21,23,32H,1,10-11,14-17H2,2H3/t23-/m1/s1. The zero-order valence-electron chi connectivity index (χ0n) is 19.2. The van der Waals surface area contributed by atoms with E-state index in [1.54, 1.807) is 35.0 Å². The first kappa shape index (κ1) is 24.1. The van der Waals surface area contributed by atoms with Gasteiger partial charge >= 0.3 is 0 Å². The van der Waals surface area contributed by atoms with Crippen molar-refractivity contribution in [1.29, 1.82) is 0 Å². The van der Waals surface area contributed by atoms with Gasteiger partial charge in [0.05, 0.1) is 36.3 Å². The Morgan fingerprint density at radius 3 is 2.41 bits per heavy atom. The lowest BCUT2D eigenvalue weighted by molar-refractivity contribution is 0.0226. The van der Waals surface area contributed by atoms with Crippen LogP contribution in [0, 0.1) is 18.6 Å². The molecule has 1 N–H and O–H groups in total. The van der Waals surface area contributed by atoms with E-state index in [-0.39, 0.29) is 18.2 Å². The van der Waals surface area contributed by atoms with E-state index in [4.69, 9.17) is 9.47 Å². The summed E-state index contributed by atoms with van der Waals surface area (Å²) >= 11 is 0. The van der Waals surface area contributed by atoms with Crippen molar-refractivity contribution in [2.75, 3.05) is 19.8 Å². The van der Waals surface area contributed by atoms with Crippen molar-refractivity contribution >= 4 is 0 Å². The summed E-state index contributed by atoms with van der Waals surface area (Å²) in [5.74, 6) is 0.227. The van der Waals surface area contributed by atoms with E-state index < -0.39 is 6.10 Å². The molecule has 8 heteroatoms. The number of rotatable bonds is 12. The fraction of sp³-hybridized carbons (Fsp3) is 0.346. The van der Waals surface area contributed by atoms with Gasteiger partial charge in [0.15, 0.2) is 0 Å². The highest BCUT2D eigenvalue weighted by Gasteiger charge is 2.32. The highest BCUT2D eigenvalue weighted by atomic mass is 19.1. The number of halogens is 2. The largest absolute Gasteiger partial charge is 0.439 e. The molecule has 0 amide bonds. The minimum atomic E-state index is -0.644. The minimum absolute atomic E-state index is 0.224. The first-order valence-electron chi connectivity index (χ1n) is 11.3. The van der Waals surface area contributed by atoms with Gasteiger partial charge in [0, 0.05) is 19.1 Å². The summed E-state index contributed by atoms with van der Waals surface area (Å²) in [6.07, 6.45) is 3.12. The van der Waals surface area contributed by atoms with Crippen LogP contribution >= 0.6 is 0 Å². The maximum absolute atomic E-state index is 13.5. The van der Waals surface area contributed by atoms with E-state index in [2.05, 4.69) is 16.6 Å². The topological polar surface area (TPSA) is 59.8 Å². The van der Waals surface area contributed by atoms with Crippen molar-refractivity contribution in [3.8, 4) is 17.3 Å². The van der Waals surface area contributed by atoms with Crippen molar-refractivity contribution in [3.63, 3.8) is 0 Å². The summed E-state index contributed by atoms with van der Waals surface area (Å²) in [5, 5.41) is 15.2. The second-order valence-electron chi connectivity index (χ2n) is 8.45. The summed E-state index contributed by atoms with van der Waals surface area (Å²) in [4.78, 5) is 2.21. The third kappa shape index (κ3) is 6.08. The smallest absolute Gasteiger partial charge is 0.227 e. The Hall–Kier alpha value is -3.07. The van der Waals surface area contributed by atoms with E-state index in [9.17, 15) is 13.9 Å². The Morgan fingerprint density at radius 2 is 1.79 bits per heavy atom. The number of aromatic nitrogens is 2. The van der Waals surface area contributed by atoms with Gasteiger partial charge in [0.2, 0.25) is 5.88 Å². The third-order valence-corrected chi connectivity index (χ3v) is 5.65. The van der Waals surface area contributed by atoms with Crippen LogP contribution in [0.4, 0.5) is 8.78 Å². The van der Waals surface area contributed by atoms with Crippen LogP contribution in [0.3, 0.4) is 0 Å². The van der Waals surface area contributed by atoms with Crippen molar-refractivity contribution < 1.29 is 23.4 Å². The van der Waals surface area contributed by atoms with Crippen LogP contribution in [0.25, 0.3) is 5.69 Å². The van der Waals surface area contributed by atoms with Gasteiger partial charge in [0.1, 0.15) is 17.4 Å². The molecule has 0 spiro atoms. The lowest BCUT2D eigenvalue weighted by Crippen LogP contribution is -2.36. The Labute approximate surface area is 198 Å². The molecule has 0 bridgehead atoms. The summed E-state index contributed by atoms with van der Waals surface area (Å²) in [7, 11) is 0. The first-order valence-corrected chi connectivity index (χ1v) is 11.3. The maximum atomic E-state index is 13.5. The molecule has 0 radical (unpaired) electrons. The Bertz CT molecular complexity index is 1100. The van der Waals surface area contributed by atoms with Crippen molar-refractivity contribution in [2.45, 2.75) is 38.5 Å². The lowest BCUT2D eigenvalue weighted by Gasteiger charge is -2.25. The van der Waals surface area contributed by atoms with E-state index >= 15 is 0 Å². The zero-order chi connectivity index (χ0) is 24.1. The molecule has 2 aromatic carbocycles. The fourth-order valence-corrected chi connectivity index (χ4v) is 3.79. The molecule has 0 unspecified atom stereocenters. The SMILES string of the molecule is C=CCOC[C@H](O)CN(Cc1c(C)nn(-c2ccc(F)cc2)c1Oc1ccc(F)cc1)C1CC1. The van der Waals surface area contributed by atoms with Crippen molar-refractivity contribution in [3.05, 3.63) is 84.1 Å². The maximum Gasteiger partial charge on any atom is 0.227 e. The van der Waals surface area contributed by atoms with Gasteiger partial charge in [-0.1, -0.05) is 6.08 Å². The highest BCUT2D eigenvalue weighted by Crippen LogP contribution is 2.35. The number of benzene rings is 2. The van der Waals surface area contributed by atoms with Gasteiger partial charge in [-0.3, -0.25) is 4.90 Å².